The van der Waals surface area contributed by atoms with E-state index < -0.39 is 0 Å². The van der Waals surface area contributed by atoms with Gasteiger partial charge in [-0.3, -0.25) is 9.59 Å². The van der Waals surface area contributed by atoms with E-state index in [1.165, 1.54) is 0 Å². The largest absolute Gasteiger partial charge is 0.497 e. The molecule has 1 unspecified atom stereocenters. The zero-order valence-corrected chi connectivity index (χ0v) is 16.0. The van der Waals surface area contributed by atoms with Gasteiger partial charge in [0.15, 0.2) is 0 Å². The molecular formula is C22H26N2O3. The molecule has 1 atom stereocenters. The van der Waals surface area contributed by atoms with Crippen LogP contribution in [0.4, 0.5) is 0 Å². The minimum Gasteiger partial charge on any atom is -0.497 e. The minimum atomic E-state index is -0.192. The number of methoxy groups -OCH3 is 1. The highest BCUT2D eigenvalue weighted by molar-refractivity contribution is 5.88. The van der Waals surface area contributed by atoms with E-state index in [9.17, 15) is 9.59 Å². The Balaban J connectivity index is 1.43. The molecule has 0 aromatic heterocycles. The van der Waals surface area contributed by atoms with E-state index >= 15 is 0 Å². The van der Waals surface area contributed by atoms with Gasteiger partial charge in [0, 0.05) is 32.1 Å². The average molecular weight is 366 g/mol. The van der Waals surface area contributed by atoms with Crippen LogP contribution >= 0.6 is 0 Å². The smallest absolute Gasteiger partial charge is 0.229 e. The lowest BCUT2D eigenvalue weighted by atomic mass is 9.96. The molecule has 1 saturated heterocycles. The fourth-order valence-electron chi connectivity index (χ4n) is 3.79. The molecule has 2 aromatic rings. The summed E-state index contributed by atoms with van der Waals surface area (Å²) in [5, 5.41) is 2.21. The lowest BCUT2D eigenvalue weighted by molar-refractivity contribution is -0.140. The van der Waals surface area contributed by atoms with Gasteiger partial charge >= 0.3 is 0 Å². The van der Waals surface area contributed by atoms with E-state index in [-0.39, 0.29) is 23.7 Å². The van der Waals surface area contributed by atoms with Crippen molar-refractivity contribution in [2.75, 3.05) is 33.3 Å². The van der Waals surface area contributed by atoms with Crippen LogP contribution in [0, 0.1) is 5.92 Å². The fraction of sp³-hybridized carbons (Fsp3) is 0.455. The normalized spacial score (nSPS) is 18.4. The van der Waals surface area contributed by atoms with E-state index in [0.29, 0.717) is 26.2 Å². The number of hydrogen-bond donors (Lipinski definition) is 0. The summed E-state index contributed by atoms with van der Waals surface area (Å²) in [5.41, 5.74) is 1.02. The lowest BCUT2D eigenvalue weighted by Gasteiger charge is -2.36. The number of carbonyl (C=O) groups is 2. The van der Waals surface area contributed by atoms with E-state index in [2.05, 4.69) is 6.07 Å². The highest BCUT2D eigenvalue weighted by Gasteiger charge is 2.35. The Bertz CT molecular complexity index is 867. The SMILES string of the molecule is COc1ccc2cc(C(C)C(=O)N3CCN(C(=O)C4CC4)CC3)ccc2c1. The highest BCUT2D eigenvalue weighted by atomic mass is 16.5. The summed E-state index contributed by atoms with van der Waals surface area (Å²) in [5.74, 6) is 1.31. The van der Waals surface area contributed by atoms with Crippen LogP contribution in [0.25, 0.3) is 10.8 Å². The van der Waals surface area contributed by atoms with Crippen LogP contribution in [0.15, 0.2) is 36.4 Å². The molecule has 142 valence electrons. The summed E-state index contributed by atoms with van der Waals surface area (Å²) < 4.78 is 5.27. The molecule has 1 aliphatic heterocycles. The van der Waals surface area contributed by atoms with Crippen LogP contribution in [-0.4, -0.2) is 54.9 Å². The van der Waals surface area contributed by atoms with Crippen molar-refractivity contribution in [1.82, 2.24) is 9.80 Å². The van der Waals surface area contributed by atoms with E-state index in [4.69, 9.17) is 4.74 Å². The quantitative estimate of drug-likeness (QED) is 0.836. The van der Waals surface area contributed by atoms with Crippen LogP contribution in [0.2, 0.25) is 0 Å². The third kappa shape index (κ3) is 3.64. The van der Waals surface area contributed by atoms with Crippen molar-refractivity contribution in [3.05, 3.63) is 42.0 Å². The van der Waals surface area contributed by atoms with E-state index in [0.717, 1.165) is 34.9 Å². The molecule has 1 aliphatic carbocycles. The first-order chi connectivity index (χ1) is 13.1. The third-order valence-electron chi connectivity index (χ3n) is 5.77. The summed E-state index contributed by atoms with van der Waals surface area (Å²) in [6.45, 7) is 4.55. The first kappa shape index (κ1) is 17.8. The van der Waals surface area contributed by atoms with Crippen molar-refractivity contribution in [2.45, 2.75) is 25.7 Å². The average Bonchev–Trinajstić information content (AvgIpc) is 3.57. The third-order valence-corrected chi connectivity index (χ3v) is 5.77. The van der Waals surface area contributed by atoms with Crippen molar-refractivity contribution in [3.63, 3.8) is 0 Å². The maximum atomic E-state index is 13.0. The zero-order chi connectivity index (χ0) is 19.0. The molecule has 27 heavy (non-hydrogen) atoms. The zero-order valence-electron chi connectivity index (χ0n) is 16.0. The number of amides is 2. The van der Waals surface area contributed by atoms with E-state index in [1.54, 1.807) is 7.11 Å². The van der Waals surface area contributed by atoms with Gasteiger partial charge in [-0.25, -0.2) is 0 Å². The molecule has 1 heterocycles. The summed E-state index contributed by atoms with van der Waals surface area (Å²) in [4.78, 5) is 29.0. The molecule has 0 N–H and O–H groups in total. The van der Waals surface area contributed by atoms with Crippen molar-refractivity contribution in [1.29, 1.82) is 0 Å². The Hall–Kier alpha value is -2.56. The second kappa shape index (κ2) is 7.22. The molecule has 0 radical (unpaired) electrons. The molecule has 5 heteroatoms. The van der Waals surface area contributed by atoms with Crippen LogP contribution in [-0.2, 0) is 9.59 Å². The Kier molecular flexibility index (Phi) is 4.77. The van der Waals surface area contributed by atoms with Gasteiger partial charge in [0.2, 0.25) is 11.8 Å². The molecule has 0 spiro atoms. The molecule has 2 aromatic carbocycles. The first-order valence-corrected chi connectivity index (χ1v) is 9.72. The molecule has 5 nitrogen and oxygen atoms in total. The maximum absolute atomic E-state index is 13.0. The summed E-state index contributed by atoms with van der Waals surface area (Å²) in [6, 6.07) is 12.1. The topological polar surface area (TPSA) is 49.9 Å². The maximum Gasteiger partial charge on any atom is 0.229 e. The van der Waals surface area contributed by atoms with Gasteiger partial charge in [0.1, 0.15) is 5.75 Å². The van der Waals surface area contributed by atoms with E-state index in [1.807, 2.05) is 47.1 Å². The van der Waals surface area contributed by atoms with Crippen molar-refractivity contribution in [2.24, 2.45) is 5.92 Å². The minimum absolute atomic E-state index is 0.140. The molecule has 2 aliphatic rings. The second-order valence-electron chi connectivity index (χ2n) is 7.62. The predicted octanol–water partition coefficient (Wildman–Crippen LogP) is 3.03. The number of fused-ring (bicyclic) bond motifs is 1. The molecule has 2 fully saturated rings. The van der Waals surface area contributed by atoms with Gasteiger partial charge in [-0.1, -0.05) is 24.3 Å². The summed E-state index contributed by atoms with van der Waals surface area (Å²) in [7, 11) is 1.66. The van der Waals surface area contributed by atoms with Crippen molar-refractivity contribution in [3.8, 4) is 5.75 Å². The van der Waals surface area contributed by atoms with Gasteiger partial charge < -0.3 is 14.5 Å². The van der Waals surface area contributed by atoms with Crippen LogP contribution in [0.3, 0.4) is 0 Å². The molecule has 4 rings (SSSR count). The van der Waals surface area contributed by atoms with Crippen LogP contribution in [0.5, 0.6) is 5.75 Å². The number of nitrogens with zero attached hydrogens (tertiary/aromatic N) is 2. The Morgan fingerprint density at radius 1 is 0.963 bits per heavy atom. The summed E-state index contributed by atoms with van der Waals surface area (Å²) in [6.07, 6.45) is 2.06. The summed E-state index contributed by atoms with van der Waals surface area (Å²) >= 11 is 0. The Morgan fingerprint density at radius 2 is 1.59 bits per heavy atom. The van der Waals surface area contributed by atoms with Crippen LogP contribution < -0.4 is 4.74 Å². The fourth-order valence-corrected chi connectivity index (χ4v) is 3.79. The lowest BCUT2D eigenvalue weighted by Crippen LogP contribution is -2.51. The standard InChI is InChI=1S/C22H26N2O3/c1-15(17-5-6-19-14-20(27-2)8-7-18(19)13-17)21(25)23-9-11-24(12-10-23)22(26)16-3-4-16/h5-8,13-16H,3-4,9-12H2,1-2H3. The number of hydrogen-bond acceptors (Lipinski definition) is 3. The molecular weight excluding hydrogens is 340 g/mol. The van der Waals surface area contributed by atoms with Gasteiger partial charge in [0.25, 0.3) is 0 Å². The monoisotopic (exact) mass is 366 g/mol. The van der Waals surface area contributed by atoms with Crippen molar-refractivity contribution >= 4 is 22.6 Å². The number of carbonyl (C=O) groups excluding carboxylic acids is 2. The number of benzene rings is 2. The molecule has 0 bridgehead atoms. The van der Waals surface area contributed by atoms with Crippen molar-refractivity contribution < 1.29 is 14.3 Å². The second-order valence-corrected chi connectivity index (χ2v) is 7.62. The highest BCUT2D eigenvalue weighted by Crippen LogP contribution is 2.31. The van der Waals surface area contributed by atoms with Gasteiger partial charge in [-0.15, -0.1) is 0 Å². The number of ether oxygens (including phenoxy) is 1. The van der Waals surface area contributed by atoms with Crippen LogP contribution in [0.1, 0.15) is 31.2 Å². The van der Waals surface area contributed by atoms with Gasteiger partial charge in [0.05, 0.1) is 13.0 Å². The predicted molar refractivity (Wildman–Crippen MR) is 105 cm³/mol. The first-order valence-electron chi connectivity index (χ1n) is 9.72. The molecule has 2 amide bonds. The van der Waals surface area contributed by atoms with Gasteiger partial charge in [-0.2, -0.15) is 0 Å². The molecule has 1 saturated carbocycles. The van der Waals surface area contributed by atoms with Gasteiger partial charge in [-0.05, 0) is 48.2 Å². The number of piperazine rings is 1. The number of rotatable bonds is 4. The Labute approximate surface area is 159 Å². The Morgan fingerprint density at radius 3 is 2.26 bits per heavy atom.